The van der Waals surface area contributed by atoms with Gasteiger partial charge in [0.15, 0.2) is 0 Å². The Balaban J connectivity index is 1.81. The molecule has 0 saturated heterocycles. The van der Waals surface area contributed by atoms with Gasteiger partial charge >= 0.3 is 0 Å². The third-order valence-electron chi connectivity index (χ3n) is 3.85. The highest BCUT2D eigenvalue weighted by atomic mass is 16.3. The smallest absolute Gasteiger partial charge is 0.128 e. The van der Waals surface area contributed by atoms with Gasteiger partial charge in [-0.25, -0.2) is 0 Å². The van der Waals surface area contributed by atoms with Gasteiger partial charge < -0.3 is 10.4 Å². The van der Waals surface area contributed by atoms with E-state index in [1.54, 1.807) is 0 Å². The molecular formula is C19H19NO. The van der Waals surface area contributed by atoms with Crippen molar-refractivity contribution < 1.29 is 5.11 Å². The Hall–Kier alpha value is -2.32. The lowest BCUT2D eigenvalue weighted by Crippen LogP contribution is -2.18. The number of hydrogen-bond donors (Lipinski definition) is 2. The van der Waals surface area contributed by atoms with Gasteiger partial charge in [-0.3, -0.25) is 0 Å². The summed E-state index contributed by atoms with van der Waals surface area (Å²) in [4.78, 5) is 0. The highest BCUT2D eigenvalue weighted by Gasteiger charge is 2.12. The quantitative estimate of drug-likeness (QED) is 0.741. The van der Waals surface area contributed by atoms with E-state index < -0.39 is 0 Å². The van der Waals surface area contributed by atoms with Gasteiger partial charge in [-0.05, 0) is 17.9 Å². The number of rotatable bonds is 4. The number of nitrogens with one attached hydrogen (secondary N) is 1. The van der Waals surface area contributed by atoms with Crippen molar-refractivity contribution in [3.05, 3.63) is 77.9 Å². The first-order valence-corrected chi connectivity index (χ1v) is 7.23. The number of fused-ring (bicyclic) bond motifs is 1. The zero-order valence-corrected chi connectivity index (χ0v) is 12.1. The van der Waals surface area contributed by atoms with Crippen LogP contribution in [0.25, 0.3) is 10.8 Å². The van der Waals surface area contributed by atoms with E-state index in [0.717, 1.165) is 22.9 Å². The van der Waals surface area contributed by atoms with Crippen molar-refractivity contribution in [1.82, 2.24) is 5.32 Å². The molecule has 0 aliphatic rings. The van der Waals surface area contributed by atoms with Crippen molar-refractivity contribution in [2.75, 3.05) is 0 Å². The molecule has 3 aromatic rings. The third-order valence-corrected chi connectivity index (χ3v) is 3.85. The lowest BCUT2D eigenvalue weighted by molar-refractivity contribution is 0.458. The van der Waals surface area contributed by atoms with Crippen molar-refractivity contribution in [1.29, 1.82) is 0 Å². The zero-order valence-electron chi connectivity index (χ0n) is 12.1. The molecule has 0 bridgehead atoms. The highest BCUT2D eigenvalue weighted by Crippen LogP contribution is 2.32. The maximum absolute atomic E-state index is 10.5. The molecule has 0 saturated carbocycles. The van der Waals surface area contributed by atoms with Crippen LogP contribution >= 0.6 is 0 Å². The van der Waals surface area contributed by atoms with Crippen molar-refractivity contribution in [3.63, 3.8) is 0 Å². The fourth-order valence-corrected chi connectivity index (χ4v) is 2.60. The number of phenolic OH excluding ortho intramolecular Hbond substituents is 1. The van der Waals surface area contributed by atoms with Gasteiger partial charge in [0.1, 0.15) is 5.75 Å². The predicted octanol–water partition coefficient (Wildman–Crippen LogP) is 4.40. The van der Waals surface area contributed by atoms with Crippen LogP contribution in [0.4, 0.5) is 0 Å². The molecule has 2 heteroatoms. The Morgan fingerprint density at radius 3 is 2.43 bits per heavy atom. The highest BCUT2D eigenvalue weighted by molar-refractivity contribution is 5.89. The van der Waals surface area contributed by atoms with Crippen LogP contribution in [0, 0.1) is 0 Å². The largest absolute Gasteiger partial charge is 0.507 e. The second-order valence-corrected chi connectivity index (χ2v) is 5.31. The van der Waals surface area contributed by atoms with Crippen molar-refractivity contribution in [2.24, 2.45) is 0 Å². The van der Waals surface area contributed by atoms with Crippen molar-refractivity contribution in [2.45, 2.75) is 19.5 Å². The first-order valence-electron chi connectivity index (χ1n) is 7.23. The van der Waals surface area contributed by atoms with Gasteiger partial charge in [-0.1, -0.05) is 66.7 Å². The van der Waals surface area contributed by atoms with E-state index in [-0.39, 0.29) is 6.04 Å². The van der Waals surface area contributed by atoms with E-state index in [1.807, 2.05) is 48.5 Å². The summed E-state index contributed by atoms with van der Waals surface area (Å²) in [5, 5.41) is 15.9. The van der Waals surface area contributed by atoms with Crippen molar-refractivity contribution >= 4 is 10.8 Å². The van der Waals surface area contributed by atoms with E-state index in [4.69, 9.17) is 0 Å². The van der Waals surface area contributed by atoms with Crippen molar-refractivity contribution in [3.8, 4) is 5.75 Å². The Labute approximate surface area is 125 Å². The Bertz CT molecular complexity index is 737. The molecular weight excluding hydrogens is 258 g/mol. The normalized spacial score (nSPS) is 12.4. The number of benzene rings is 3. The summed E-state index contributed by atoms with van der Waals surface area (Å²) in [7, 11) is 0. The Morgan fingerprint density at radius 1 is 0.905 bits per heavy atom. The maximum Gasteiger partial charge on any atom is 0.128 e. The molecule has 1 unspecified atom stereocenters. The number of phenols is 1. The van der Waals surface area contributed by atoms with E-state index in [0.29, 0.717) is 5.75 Å². The van der Waals surface area contributed by atoms with E-state index in [1.165, 1.54) is 5.56 Å². The lowest BCUT2D eigenvalue weighted by atomic mass is 10.0. The number of aromatic hydroxyl groups is 1. The molecule has 2 nitrogen and oxygen atoms in total. The molecule has 0 aromatic heterocycles. The van der Waals surface area contributed by atoms with Crippen LogP contribution in [0.3, 0.4) is 0 Å². The van der Waals surface area contributed by atoms with Gasteiger partial charge in [0.05, 0.1) is 0 Å². The summed E-state index contributed by atoms with van der Waals surface area (Å²) >= 11 is 0. The van der Waals surface area contributed by atoms with Crippen LogP contribution in [-0.2, 0) is 6.54 Å². The van der Waals surface area contributed by atoms with Crippen LogP contribution < -0.4 is 5.32 Å². The second kappa shape index (κ2) is 5.98. The monoisotopic (exact) mass is 277 g/mol. The minimum Gasteiger partial charge on any atom is -0.507 e. The summed E-state index contributed by atoms with van der Waals surface area (Å²) in [6, 6.07) is 22.3. The molecule has 0 heterocycles. The zero-order chi connectivity index (χ0) is 14.7. The molecule has 0 aliphatic heterocycles. The molecule has 106 valence electrons. The van der Waals surface area contributed by atoms with E-state index in [2.05, 4.69) is 30.4 Å². The summed E-state index contributed by atoms with van der Waals surface area (Å²) in [6.07, 6.45) is 0. The molecule has 0 radical (unpaired) electrons. The molecule has 0 fully saturated rings. The average molecular weight is 277 g/mol. The topological polar surface area (TPSA) is 32.3 Å². The standard InChI is InChI=1S/C19H19NO/c1-14(20-13-15-7-3-2-4-8-15)17-12-11-16-9-5-6-10-18(16)19(17)21/h2-12,14,20-21H,13H2,1H3. The van der Waals surface area contributed by atoms with Gasteiger partial charge in [0, 0.05) is 23.5 Å². The van der Waals surface area contributed by atoms with Crippen LogP contribution in [-0.4, -0.2) is 5.11 Å². The molecule has 0 spiro atoms. The predicted molar refractivity (Wildman–Crippen MR) is 87.3 cm³/mol. The third kappa shape index (κ3) is 2.91. The molecule has 3 rings (SSSR count). The summed E-state index contributed by atoms with van der Waals surface area (Å²) < 4.78 is 0. The van der Waals surface area contributed by atoms with Crippen LogP contribution in [0.2, 0.25) is 0 Å². The summed E-state index contributed by atoms with van der Waals surface area (Å²) in [6.45, 7) is 2.86. The minimum absolute atomic E-state index is 0.0924. The Morgan fingerprint density at radius 2 is 1.62 bits per heavy atom. The van der Waals surface area contributed by atoms with Crippen LogP contribution in [0.5, 0.6) is 5.75 Å². The molecule has 3 aromatic carbocycles. The van der Waals surface area contributed by atoms with Crippen LogP contribution in [0.15, 0.2) is 66.7 Å². The summed E-state index contributed by atoms with van der Waals surface area (Å²) in [5.41, 5.74) is 2.18. The lowest BCUT2D eigenvalue weighted by Gasteiger charge is -2.17. The molecule has 0 aliphatic carbocycles. The van der Waals surface area contributed by atoms with Gasteiger partial charge in [-0.15, -0.1) is 0 Å². The maximum atomic E-state index is 10.5. The first-order chi connectivity index (χ1) is 10.3. The molecule has 2 N–H and O–H groups in total. The average Bonchev–Trinajstić information content (AvgIpc) is 2.54. The van der Waals surface area contributed by atoms with Gasteiger partial charge in [0.25, 0.3) is 0 Å². The fraction of sp³-hybridized carbons (Fsp3) is 0.158. The molecule has 21 heavy (non-hydrogen) atoms. The number of hydrogen-bond acceptors (Lipinski definition) is 2. The molecule has 0 amide bonds. The first kappa shape index (κ1) is 13.7. The minimum atomic E-state index is 0.0924. The SMILES string of the molecule is CC(NCc1ccccc1)c1ccc2ccccc2c1O. The van der Waals surface area contributed by atoms with Gasteiger partial charge in [0.2, 0.25) is 0 Å². The van der Waals surface area contributed by atoms with E-state index in [9.17, 15) is 5.11 Å². The Kier molecular flexibility index (Phi) is 3.89. The molecule has 1 atom stereocenters. The van der Waals surface area contributed by atoms with Gasteiger partial charge in [-0.2, -0.15) is 0 Å². The fourth-order valence-electron chi connectivity index (χ4n) is 2.60. The summed E-state index contributed by atoms with van der Waals surface area (Å²) in [5.74, 6) is 0.376. The van der Waals surface area contributed by atoms with Crippen LogP contribution in [0.1, 0.15) is 24.1 Å². The van der Waals surface area contributed by atoms with E-state index >= 15 is 0 Å². The second-order valence-electron chi connectivity index (χ2n) is 5.31.